The molecule has 1 saturated heterocycles. The summed E-state index contributed by atoms with van der Waals surface area (Å²) in [4.78, 5) is 29.0. The topological polar surface area (TPSA) is 107 Å². The summed E-state index contributed by atoms with van der Waals surface area (Å²) < 4.78 is 16.0. The highest BCUT2D eigenvalue weighted by Crippen LogP contribution is 2.18. The number of hydrogen-bond acceptors (Lipinski definition) is 7. The molecule has 0 bridgehead atoms. The Balaban J connectivity index is 1.56. The van der Waals surface area contributed by atoms with Crippen molar-refractivity contribution in [1.82, 2.24) is 20.1 Å². The first-order valence-electron chi connectivity index (χ1n) is 9.79. The van der Waals surface area contributed by atoms with Gasteiger partial charge in [0, 0.05) is 38.1 Å². The molecule has 1 N–H and O–H groups in total. The molecule has 29 heavy (non-hydrogen) atoms. The summed E-state index contributed by atoms with van der Waals surface area (Å²) in [5.41, 5.74) is 0.649. The van der Waals surface area contributed by atoms with Crippen LogP contribution in [0.2, 0.25) is 0 Å². The quantitative estimate of drug-likeness (QED) is 0.625. The summed E-state index contributed by atoms with van der Waals surface area (Å²) in [6.07, 6.45) is 0.482. The minimum atomic E-state index is -0.332. The summed E-state index contributed by atoms with van der Waals surface area (Å²) >= 11 is 0. The minimum absolute atomic E-state index is 0.00139. The largest absolute Gasteiger partial charge is 0.491 e. The molecule has 0 unspecified atom stereocenters. The number of aromatic nitrogens is 3. The second-order valence-corrected chi connectivity index (χ2v) is 6.51. The number of carbonyl (C=O) groups is 1. The molecule has 1 amide bonds. The number of amides is 1. The van der Waals surface area contributed by atoms with Crippen LogP contribution in [0.5, 0.6) is 5.75 Å². The van der Waals surface area contributed by atoms with Crippen molar-refractivity contribution in [1.29, 1.82) is 0 Å². The molecule has 9 heteroatoms. The van der Waals surface area contributed by atoms with Crippen molar-refractivity contribution in [2.75, 3.05) is 46.1 Å². The van der Waals surface area contributed by atoms with Crippen LogP contribution in [-0.2, 0) is 20.7 Å². The van der Waals surface area contributed by atoms with Crippen LogP contribution in [0.3, 0.4) is 0 Å². The van der Waals surface area contributed by atoms with Gasteiger partial charge in [-0.15, -0.1) is 10.2 Å². The molecule has 0 atom stereocenters. The van der Waals surface area contributed by atoms with Gasteiger partial charge in [0.05, 0.1) is 19.8 Å². The third-order valence-electron chi connectivity index (χ3n) is 4.53. The Morgan fingerprint density at radius 2 is 1.93 bits per heavy atom. The molecular formula is C20H26N4O5. The van der Waals surface area contributed by atoms with E-state index in [1.807, 2.05) is 6.92 Å². The average molecular weight is 402 g/mol. The number of nitrogens with zero attached hydrogens (tertiary/aromatic N) is 3. The van der Waals surface area contributed by atoms with Crippen molar-refractivity contribution in [3.8, 4) is 17.1 Å². The number of H-pyrrole nitrogens is 1. The molecule has 1 aliphatic heterocycles. The van der Waals surface area contributed by atoms with E-state index in [0.717, 1.165) is 5.56 Å². The lowest BCUT2D eigenvalue weighted by atomic mass is 10.2. The normalized spacial score (nSPS) is 14.0. The van der Waals surface area contributed by atoms with Gasteiger partial charge in [0.1, 0.15) is 18.1 Å². The molecule has 1 fully saturated rings. The first-order valence-corrected chi connectivity index (χ1v) is 9.79. The van der Waals surface area contributed by atoms with Crippen molar-refractivity contribution in [2.45, 2.75) is 19.8 Å². The van der Waals surface area contributed by atoms with Crippen LogP contribution >= 0.6 is 0 Å². The fourth-order valence-electron chi connectivity index (χ4n) is 2.92. The van der Waals surface area contributed by atoms with Gasteiger partial charge in [-0.25, -0.2) is 0 Å². The highest BCUT2D eigenvalue weighted by molar-refractivity contribution is 5.76. The predicted molar refractivity (Wildman–Crippen MR) is 106 cm³/mol. The molecule has 0 spiro atoms. The maximum absolute atomic E-state index is 12.3. The summed E-state index contributed by atoms with van der Waals surface area (Å²) in [5.74, 6) is 1.08. The van der Waals surface area contributed by atoms with Gasteiger partial charge < -0.3 is 24.1 Å². The predicted octanol–water partition coefficient (Wildman–Crippen LogP) is 1.04. The van der Waals surface area contributed by atoms with Gasteiger partial charge in [-0.1, -0.05) is 0 Å². The molecule has 156 valence electrons. The Hall–Kier alpha value is -2.78. The number of nitrogens with one attached hydrogen (secondary N) is 1. The second-order valence-electron chi connectivity index (χ2n) is 6.51. The van der Waals surface area contributed by atoms with Gasteiger partial charge in [0.2, 0.25) is 5.91 Å². The van der Waals surface area contributed by atoms with E-state index in [0.29, 0.717) is 57.7 Å². The van der Waals surface area contributed by atoms with E-state index in [-0.39, 0.29) is 30.0 Å². The zero-order chi connectivity index (χ0) is 20.5. The molecule has 1 aliphatic rings. The van der Waals surface area contributed by atoms with Crippen LogP contribution in [0.25, 0.3) is 11.4 Å². The number of benzene rings is 1. The maximum atomic E-state index is 12.3. The molecule has 0 saturated carbocycles. The third kappa shape index (κ3) is 6.10. The van der Waals surface area contributed by atoms with E-state index in [1.165, 1.54) is 0 Å². The molecule has 1 aromatic carbocycles. The molecule has 1 aromatic heterocycles. The van der Waals surface area contributed by atoms with Crippen molar-refractivity contribution in [3.63, 3.8) is 0 Å². The lowest BCUT2D eigenvalue weighted by Crippen LogP contribution is -2.41. The van der Waals surface area contributed by atoms with Crippen LogP contribution in [0.15, 0.2) is 29.1 Å². The Labute approximate surface area is 169 Å². The summed E-state index contributed by atoms with van der Waals surface area (Å²) in [6.45, 7) is 5.88. The summed E-state index contributed by atoms with van der Waals surface area (Å²) in [6, 6.07) is 7.21. The summed E-state index contributed by atoms with van der Waals surface area (Å²) in [5, 5.41) is 8.13. The van der Waals surface area contributed by atoms with E-state index in [1.54, 1.807) is 29.2 Å². The van der Waals surface area contributed by atoms with Crippen LogP contribution in [0.1, 0.15) is 19.0 Å². The Kier molecular flexibility index (Phi) is 7.71. The highest BCUT2D eigenvalue weighted by Gasteiger charge is 2.17. The Morgan fingerprint density at radius 3 is 2.62 bits per heavy atom. The second kappa shape index (κ2) is 10.7. The minimum Gasteiger partial charge on any atom is -0.491 e. The zero-order valence-corrected chi connectivity index (χ0v) is 16.6. The van der Waals surface area contributed by atoms with E-state index in [2.05, 4.69) is 15.2 Å². The number of morpholine rings is 1. The average Bonchev–Trinajstić information content (AvgIpc) is 2.77. The molecule has 9 nitrogen and oxygen atoms in total. The van der Waals surface area contributed by atoms with Crippen LogP contribution < -0.4 is 10.3 Å². The number of aromatic amines is 1. The maximum Gasteiger partial charge on any atom is 0.273 e. The fraction of sp³-hybridized carbons (Fsp3) is 0.500. The Bertz CT molecular complexity index is 847. The van der Waals surface area contributed by atoms with Crippen molar-refractivity contribution < 1.29 is 19.0 Å². The van der Waals surface area contributed by atoms with Crippen LogP contribution in [-0.4, -0.2) is 72.1 Å². The number of hydrogen-bond donors (Lipinski definition) is 1. The fourth-order valence-corrected chi connectivity index (χ4v) is 2.92. The molecule has 2 heterocycles. The summed E-state index contributed by atoms with van der Waals surface area (Å²) in [7, 11) is 0. The lowest BCUT2D eigenvalue weighted by Gasteiger charge is -2.26. The molecule has 0 radical (unpaired) electrons. The molecular weight excluding hydrogens is 376 g/mol. The SMILES string of the molecule is CCOCCOc1ccc(-c2nnc(CCC(=O)N3CCOCC3)c(=O)[nH]2)cc1. The standard InChI is InChI=1S/C20H26N4O5/c1-2-27-13-14-29-16-5-3-15(4-6-16)19-21-20(26)17(22-23-19)7-8-18(25)24-9-11-28-12-10-24/h3-6H,2,7-14H2,1H3,(H,21,23,26). The molecule has 3 rings (SSSR count). The Morgan fingerprint density at radius 1 is 1.17 bits per heavy atom. The van der Waals surface area contributed by atoms with Crippen molar-refractivity contribution >= 4 is 5.91 Å². The van der Waals surface area contributed by atoms with Crippen molar-refractivity contribution in [3.05, 3.63) is 40.3 Å². The lowest BCUT2D eigenvalue weighted by molar-refractivity contribution is -0.135. The highest BCUT2D eigenvalue weighted by atomic mass is 16.5. The van der Waals surface area contributed by atoms with Gasteiger partial charge >= 0.3 is 0 Å². The van der Waals surface area contributed by atoms with Crippen LogP contribution in [0, 0.1) is 0 Å². The van der Waals surface area contributed by atoms with Gasteiger partial charge in [0.15, 0.2) is 5.82 Å². The molecule has 2 aromatic rings. The van der Waals surface area contributed by atoms with Crippen molar-refractivity contribution in [2.24, 2.45) is 0 Å². The number of aryl methyl sites for hydroxylation is 1. The van der Waals surface area contributed by atoms with Gasteiger partial charge in [-0.05, 0) is 31.2 Å². The monoisotopic (exact) mass is 402 g/mol. The zero-order valence-electron chi connectivity index (χ0n) is 16.6. The van der Waals surface area contributed by atoms with E-state index < -0.39 is 0 Å². The van der Waals surface area contributed by atoms with E-state index >= 15 is 0 Å². The first kappa shape index (κ1) is 20.9. The third-order valence-corrected chi connectivity index (χ3v) is 4.53. The van der Waals surface area contributed by atoms with Crippen LogP contribution in [0.4, 0.5) is 0 Å². The number of rotatable bonds is 9. The first-order chi connectivity index (χ1) is 14.2. The number of ether oxygens (including phenoxy) is 3. The number of carbonyl (C=O) groups excluding carboxylic acids is 1. The smallest absolute Gasteiger partial charge is 0.273 e. The van der Waals surface area contributed by atoms with Gasteiger partial charge in [-0.2, -0.15) is 0 Å². The van der Waals surface area contributed by atoms with E-state index in [9.17, 15) is 9.59 Å². The van der Waals surface area contributed by atoms with Gasteiger partial charge in [-0.3, -0.25) is 9.59 Å². The molecule has 0 aliphatic carbocycles. The van der Waals surface area contributed by atoms with Gasteiger partial charge in [0.25, 0.3) is 5.56 Å². The van der Waals surface area contributed by atoms with E-state index in [4.69, 9.17) is 14.2 Å².